The molecule has 10 nitrogen and oxygen atoms in total. The molecular formula is C21H37N3O7. The molecule has 31 heavy (non-hydrogen) atoms. The number of likely N-dealkylation sites (tertiary alicyclic amines) is 1. The van der Waals surface area contributed by atoms with E-state index in [2.05, 4.69) is 10.6 Å². The lowest BCUT2D eigenvalue weighted by Crippen LogP contribution is -2.54. The Morgan fingerprint density at radius 1 is 1.06 bits per heavy atom. The summed E-state index contributed by atoms with van der Waals surface area (Å²) in [7, 11) is 0. The van der Waals surface area contributed by atoms with Gasteiger partial charge in [-0.2, -0.15) is 0 Å². The summed E-state index contributed by atoms with van der Waals surface area (Å²) in [6, 6.07) is -2.10. The number of nitrogens with one attached hydrogen (secondary N) is 2. The smallest absolute Gasteiger partial charge is 0.408 e. The average Bonchev–Trinajstić information content (AvgIpc) is 2.62. The van der Waals surface area contributed by atoms with Crippen LogP contribution in [0.25, 0.3) is 0 Å². The fraction of sp³-hybridized carbons (Fsp3) is 0.810. The zero-order chi connectivity index (χ0) is 23.9. The number of carboxylic acid groups (broad SMARTS) is 1. The first-order valence-electron chi connectivity index (χ1n) is 10.7. The normalized spacial score (nSPS) is 18.1. The summed E-state index contributed by atoms with van der Waals surface area (Å²) in [6.45, 7) is 11.1. The van der Waals surface area contributed by atoms with E-state index in [0.717, 1.165) is 0 Å². The van der Waals surface area contributed by atoms with Gasteiger partial charge in [-0.3, -0.25) is 9.59 Å². The van der Waals surface area contributed by atoms with Gasteiger partial charge in [-0.15, -0.1) is 0 Å². The van der Waals surface area contributed by atoms with Crippen LogP contribution in [0.3, 0.4) is 0 Å². The number of ether oxygens (including phenoxy) is 1. The molecule has 4 N–H and O–H groups in total. The van der Waals surface area contributed by atoms with Gasteiger partial charge in [0, 0.05) is 19.0 Å². The SMILES string of the molecule is CC(C)C[C@H](NC(=O)OC(C)(C)C)C(=O)N1CCC(C(=O)N[C@H](C(=O)O)[C@H](C)O)CC1. The first-order valence-corrected chi connectivity index (χ1v) is 10.7. The van der Waals surface area contributed by atoms with E-state index in [0.29, 0.717) is 32.4 Å². The van der Waals surface area contributed by atoms with Crippen LogP contribution in [0.4, 0.5) is 4.79 Å². The Morgan fingerprint density at radius 3 is 2.03 bits per heavy atom. The van der Waals surface area contributed by atoms with Crippen molar-refractivity contribution in [1.82, 2.24) is 15.5 Å². The number of rotatable bonds is 8. The lowest BCUT2D eigenvalue weighted by atomic mass is 9.94. The summed E-state index contributed by atoms with van der Waals surface area (Å²) >= 11 is 0. The zero-order valence-electron chi connectivity index (χ0n) is 19.3. The molecule has 10 heteroatoms. The van der Waals surface area contributed by atoms with Crippen LogP contribution in [0, 0.1) is 11.8 Å². The molecule has 1 heterocycles. The summed E-state index contributed by atoms with van der Waals surface area (Å²) in [6.07, 6.45) is -0.695. The molecule has 1 rings (SSSR count). The van der Waals surface area contributed by atoms with Crippen molar-refractivity contribution in [3.8, 4) is 0 Å². The zero-order valence-corrected chi connectivity index (χ0v) is 19.3. The summed E-state index contributed by atoms with van der Waals surface area (Å²) in [5.74, 6) is -2.27. The molecular weight excluding hydrogens is 406 g/mol. The van der Waals surface area contributed by atoms with Crippen LogP contribution >= 0.6 is 0 Å². The second-order valence-electron chi connectivity index (χ2n) is 9.49. The summed E-state index contributed by atoms with van der Waals surface area (Å²) in [4.78, 5) is 50.3. The van der Waals surface area contributed by atoms with E-state index in [4.69, 9.17) is 9.84 Å². The van der Waals surface area contributed by atoms with E-state index in [1.165, 1.54) is 6.92 Å². The van der Waals surface area contributed by atoms with Crippen molar-refractivity contribution in [2.75, 3.05) is 13.1 Å². The Labute approximate surface area is 183 Å². The molecule has 1 aliphatic heterocycles. The van der Waals surface area contributed by atoms with Crippen LogP contribution < -0.4 is 10.6 Å². The van der Waals surface area contributed by atoms with Crippen LogP contribution in [-0.4, -0.2) is 75.9 Å². The maximum atomic E-state index is 13.0. The topological polar surface area (TPSA) is 145 Å². The van der Waals surface area contributed by atoms with E-state index in [-0.39, 0.29) is 11.8 Å². The Morgan fingerprint density at radius 2 is 1.61 bits per heavy atom. The molecule has 0 aromatic rings. The van der Waals surface area contributed by atoms with Gasteiger partial charge < -0.3 is 30.5 Å². The lowest BCUT2D eigenvalue weighted by Gasteiger charge is -2.35. The molecule has 0 radical (unpaired) electrons. The molecule has 0 bridgehead atoms. The average molecular weight is 444 g/mol. The maximum absolute atomic E-state index is 13.0. The molecule has 0 spiro atoms. The molecule has 0 saturated carbocycles. The fourth-order valence-electron chi connectivity index (χ4n) is 3.38. The van der Waals surface area contributed by atoms with Crippen LogP contribution in [-0.2, 0) is 19.1 Å². The Bertz CT molecular complexity index is 650. The van der Waals surface area contributed by atoms with Crippen molar-refractivity contribution in [3.05, 3.63) is 0 Å². The Balaban J connectivity index is 2.70. The Hall–Kier alpha value is -2.36. The largest absolute Gasteiger partial charge is 0.480 e. The third kappa shape index (κ3) is 9.12. The van der Waals surface area contributed by atoms with Crippen LogP contribution in [0.15, 0.2) is 0 Å². The highest BCUT2D eigenvalue weighted by atomic mass is 16.6. The summed E-state index contributed by atoms with van der Waals surface area (Å²) < 4.78 is 5.27. The first-order chi connectivity index (χ1) is 14.2. The molecule has 0 unspecified atom stereocenters. The molecule has 0 aliphatic carbocycles. The monoisotopic (exact) mass is 443 g/mol. The van der Waals surface area contributed by atoms with Crippen molar-refractivity contribution in [1.29, 1.82) is 0 Å². The number of carboxylic acids is 1. The minimum Gasteiger partial charge on any atom is -0.480 e. The fourth-order valence-corrected chi connectivity index (χ4v) is 3.38. The number of alkyl carbamates (subject to hydrolysis) is 1. The van der Waals surface area contributed by atoms with Gasteiger partial charge in [-0.1, -0.05) is 13.8 Å². The third-order valence-corrected chi connectivity index (χ3v) is 4.92. The number of aliphatic hydroxyl groups excluding tert-OH is 1. The van der Waals surface area contributed by atoms with Gasteiger partial charge in [-0.25, -0.2) is 9.59 Å². The number of aliphatic hydroxyl groups is 1. The standard InChI is InChI=1S/C21H37N3O7/c1-12(2)11-15(22-20(30)31-21(4,5)6)18(27)24-9-7-14(8-10-24)17(26)23-16(13(3)25)19(28)29/h12-16,25H,7-11H2,1-6H3,(H,22,30)(H,23,26)(H,28,29)/t13-,15-,16-/m0/s1. The van der Waals surface area contributed by atoms with Crippen molar-refractivity contribution in [2.24, 2.45) is 11.8 Å². The molecule has 1 fully saturated rings. The maximum Gasteiger partial charge on any atom is 0.408 e. The number of nitrogens with zero attached hydrogens (tertiary/aromatic N) is 1. The molecule has 3 amide bonds. The van der Waals surface area contributed by atoms with Gasteiger partial charge in [0.05, 0.1) is 6.10 Å². The minimum absolute atomic E-state index is 0.167. The quantitative estimate of drug-likeness (QED) is 0.440. The number of carbonyl (C=O) groups is 4. The van der Waals surface area contributed by atoms with E-state index in [1.54, 1.807) is 25.7 Å². The van der Waals surface area contributed by atoms with E-state index in [1.807, 2.05) is 13.8 Å². The molecule has 3 atom stereocenters. The highest BCUT2D eigenvalue weighted by molar-refractivity contribution is 5.87. The van der Waals surface area contributed by atoms with Gasteiger partial charge in [0.2, 0.25) is 11.8 Å². The van der Waals surface area contributed by atoms with Crippen molar-refractivity contribution >= 4 is 23.9 Å². The molecule has 1 aliphatic rings. The third-order valence-electron chi connectivity index (χ3n) is 4.92. The molecule has 0 aromatic carbocycles. The predicted molar refractivity (Wildman–Crippen MR) is 113 cm³/mol. The highest BCUT2D eigenvalue weighted by Gasteiger charge is 2.34. The van der Waals surface area contributed by atoms with E-state index >= 15 is 0 Å². The molecule has 178 valence electrons. The van der Waals surface area contributed by atoms with E-state index in [9.17, 15) is 24.3 Å². The number of hydrogen-bond acceptors (Lipinski definition) is 6. The van der Waals surface area contributed by atoms with Gasteiger partial charge >= 0.3 is 12.1 Å². The number of piperidine rings is 1. The first kappa shape index (κ1) is 26.7. The number of amides is 3. The number of carbonyl (C=O) groups excluding carboxylic acids is 3. The van der Waals surface area contributed by atoms with Gasteiger partial charge in [0.15, 0.2) is 6.04 Å². The second-order valence-corrected chi connectivity index (χ2v) is 9.49. The second kappa shape index (κ2) is 11.3. The van der Waals surface area contributed by atoms with Crippen molar-refractivity contribution in [2.45, 2.75) is 84.6 Å². The van der Waals surface area contributed by atoms with Crippen molar-refractivity contribution in [3.63, 3.8) is 0 Å². The van der Waals surface area contributed by atoms with Crippen LogP contribution in [0.2, 0.25) is 0 Å². The van der Waals surface area contributed by atoms with Gasteiger partial charge in [-0.05, 0) is 52.9 Å². The van der Waals surface area contributed by atoms with Crippen LogP contribution in [0.5, 0.6) is 0 Å². The summed E-state index contributed by atoms with van der Waals surface area (Å²) in [5.41, 5.74) is -0.679. The van der Waals surface area contributed by atoms with Crippen molar-refractivity contribution < 1.29 is 34.1 Å². The predicted octanol–water partition coefficient (Wildman–Crippen LogP) is 1.11. The molecule has 1 saturated heterocycles. The highest BCUT2D eigenvalue weighted by Crippen LogP contribution is 2.20. The molecule has 0 aromatic heterocycles. The van der Waals surface area contributed by atoms with E-state index < -0.39 is 47.7 Å². The lowest BCUT2D eigenvalue weighted by molar-refractivity contribution is -0.146. The minimum atomic E-state index is -1.37. The van der Waals surface area contributed by atoms with Gasteiger partial charge in [0.25, 0.3) is 0 Å². The van der Waals surface area contributed by atoms with Gasteiger partial charge in [0.1, 0.15) is 11.6 Å². The number of aliphatic carboxylic acids is 1. The number of hydrogen-bond donors (Lipinski definition) is 4. The Kier molecular flexibility index (Phi) is 9.73. The summed E-state index contributed by atoms with van der Waals surface area (Å²) in [5, 5.41) is 23.7. The van der Waals surface area contributed by atoms with Crippen LogP contribution in [0.1, 0.15) is 60.8 Å².